The zero-order chi connectivity index (χ0) is 21.0. The number of ether oxygens (including phenoxy) is 1. The summed E-state index contributed by atoms with van der Waals surface area (Å²) in [5, 5.41) is 14.3. The van der Waals surface area contributed by atoms with Crippen molar-refractivity contribution in [1.29, 1.82) is 0 Å². The Kier molecular flexibility index (Phi) is 6.25. The second-order valence-corrected chi connectivity index (χ2v) is 6.78. The van der Waals surface area contributed by atoms with E-state index in [1.165, 1.54) is 0 Å². The smallest absolute Gasteiger partial charge is 0.335 e. The Morgan fingerprint density at radius 2 is 2.00 bits per heavy atom. The van der Waals surface area contributed by atoms with Crippen LogP contribution in [0, 0.1) is 13.8 Å². The third kappa shape index (κ3) is 4.79. The van der Waals surface area contributed by atoms with Crippen LogP contribution in [-0.4, -0.2) is 64.5 Å². The van der Waals surface area contributed by atoms with Crippen molar-refractivity contribution in [1.82, 2.24) is 19.9 Å². The molecule has 0 saturated carbocycles. The number of aryl methyl sites for hydroxylation is 2. The van der Waals surface area contributed by atoms with Crippen molar-refractivity contribution in [3.8, 4) is 11.6 Å². The maximum atomic E-state index is 12.2. The molecule has 0 spiro atoms. The summed E-state index contributed by atoms with van der Waals surface area (Å²) in [6, 6.07) is 5.19. The molecule has 0 radical (unpaired) electrons. The van der Waals surface area contributed by atoms with E-state index in [0.717, 1.165) is 21.9 Å². The van der Waals surface area contributed by atoms with Crippen molar-refractivity contribution in [3.05, 3.63) is 55.7 Å². The molecule has 10 nitrogen and oxygen atoms in total. The van der Waals surface area contributed by atoms with Crippen LogP contribution < -0.4 is 16.7 Å². The molecule has 0 aliphatic carbocycles. The van der Waals surface area contributed by atoms with Crippen LogP contribution in [0.4, 0.5) is 0 Å². The number of aromatic nitrogens is 2. The van der Waals surface area contributed by atoms with E-state index < -0.39 is 17.1 Å². The van der Waals surface area contributed by atoms with E-state index in [2.05, 4.69) is 15.5 Å². The molecule has 2 heterocycles. The fourth-order valence-electron chi connectivity index (χ4n) is 2.93. The van der Waals surface area contributed by atoms with E-state index in [1.54, 1.807) is 18.2 Å². The quantitative estimate of drug-likeness (QED) is 0.463. The predicted molar refractivity (Wildman–Crippen MR) is 107 cm³/mol. The molecule has 1 saturated heterocycles. The standard InChI is InChI=1S/C19H23N5O5/c1-12-3-4-14(9-13(12)2)24-18(27)15(17(26)21-19(24)28)10-20-22-16(25)11-23-5-7-29-8-6-23/h3-4,9-10,27H,5-8,11H2,1-2H3,(H,22,25)(H,21,26,28)/b20-10+. The van der Waals surface area contributed by atoms with Gasteiger partial charge in [-0.15, -0.1) is 0 Å². The molecule has 0 atom stereocenters. The Morgan fingerprint density at radius 3 is 2.69 bits per heavy atom. The predicted octanol–water partition coefficient (Wildman–Crippen LogP) is -0.369. The van der Waals surface area contributed by atoms with Crippen LogP contribution in [0.1, 0.15) is 16.7 Å². The molecule has 154 valence electrons. The van der Waals surface area contributed by atoms with E-state index in [-0.39, 0.29) is 18.0 Å². The summed E-state index contributed by atoms with van der Waals surface area (Å²) in [6.45, 7) is 6.38. The van der Waals surface area contributed by atoms with Gasteiger partial charge in [-0.25, -0.2) is 14.8 Å². The summed E-state index contributed by atoms with van der Waals surface area (Å²) in [5.74, 6) is -0.922. The first-order chi connectivity index (χ1) is 13.9. The van der Waals surface area contributed by atoms with Gasteiger partial charge in [-0.3, -0.25) is 19.5 Å². The minimum absolute atomic E-state index is 0.144. The summed E-state index contributed by atoms with van der Waals surface area (Å²) in [5.41, 5.74) is 2.84. The minimum atomic E-state index is -0.807. The van der Waals surface area contributed by atoms with Crippen molar-refractivity contribution >= 4 is 12.1 Å². The van der Waals surface area contributed by atoms with Crippen molar-refractivity contribution in [2.24, 2.45) is 5.10 Å². The minimum Gasteiger partial charge on any atom is -0.493 e. The average Bonchev–Trinajstić information content (AvgIpc) is 2.68. The van der Waals surface area contributed by atoms with Gasteiger partial charge in [-0.2, -0.15) is 5.10 Å². The lowest BCUT2D eigenvalue weighted by atomic mass is 10.1. The highest BCUT2D eigenvalue weighted by atomic mass is 16.5. The van der Waals surface area contributed by atoms with E-state index in [9.17, 15) is 19.5 Å². The number of carbonyl (C=O) groups is 1. The van der Waals surface area contributed by atoms with Gasteiger partial charge in [0, 0.05) is 13.1 Å². The maximum Gasteiger partial charge on any atom is 0.335 e. The van der Waals surface area contributed by atoms with E-state index in [0.29, 0.717) is 32.0 Å². The SMILES string of the molecule is Cc1ccc(-n2c(O)c(/C=N/NC(=O)CN3CCOCC3)c(=O)[nH]c2=O)cc1C. The van der Waals surface area contributed by atoms with Gasteiger partial charge in [0.2, 0.25) is 5.88 Å². The molecule has 1 aromatic heterocycles. The molecule has 3 N–H and O–H groups in total. The summed E-state index contributed by atoms with van der Waals surface area (Å²) in [6.07, 6.45) is 1.02. The van der Waals surface area contributed by atoms with Crippen LogP contribution >= 0.6 is 0 Å². The van der Waals surface area contributed by atoms with Crippen LogP contribution in [0.25, 0.3) is 5.69 Å². The van der Waals surface area contributed by atoms with Crippen LogP contribution in [0.15, 0.2) is 32.9 Å². The molecule has 2 aromatic rings. The highest BCUT2D eigenvalue weighted by Gasteiger charge is 2.16. The number of hydrogen-bond acceptors (Lipinski definition) is 7. The van der Waals surface area contributed by atoms with Gasteiger partial charge in [-0.05, 0) is 37.1 Å². The van der Waals surface area contributed by atoms with Crippen LogP contribution in [0.3, 0.4) is 0 Å². The first-order valence-corrected chi connectivity index (χ1v) is 9.14. The van der Waals surface area contributed by atoms with Crippen LogP contribution in [-0.2, 0) is 9.53 Å². The van der Waals surface area contributed by atoms with E-state index in [4.69, 9.17) is 4.74 Å². The zero-order valence-electron chi connectivity index (χ0n) is 16.3. The van der Waals surface area contributed by atoms with Crippen LogP contribution in [0.5, 0.6) is 5.88 Å². The molecule has 1 aliphatic heterocycles. The molecule has 1 amide bonds. The van der Waals surface area contributed by atoms with Gasteiger partial charge in [0.15, 0.2) is 0 Å². The fraction of sp³-hybridized carbons (Fsp3) is 0.368. The van der Waals surface area contributed by atoms with Gasteiger partial charge in [-0.1, -0.05) is 6.07 Å². The van der Waals surface area contributed by atoms with Crippen molar-refractivity contribution in [2.75, 3.05) is 32.8 Å². The largest absolute Gasteiger partial charge is 0.493 e. The number of nitrogens with one attached hydrogen (secondary N) is 2. The summed E-state index contributed by atoms with van der Waals surface area (Å²) < 4.78 is 6.20. The Labute approximate surface area is 166 Å². The number of amides is 1. The molecule has 1 fully saturated rings. The number of hydrogen-bond donors (Lipinski definition) is 3. The van der Waals surface area contributed by atoms with Gasteiger partial charge in [0.1, 0.15) is 5.56 Å². The third-order valence-electron chi connectivity index (χ3n) is 4.72. The molecule has 3 rings (SSSR count). The second-order valence-electron chi connectivity index (χ2n) is 6.78. The Hall–Kier alpha value is -3.24. The number of nitrogens with zero attached hydrogens (tertiary/aromatic N) is 3. The number of benzene rings is 1. The number of hydrazone groups is 1. The lowest BCUT2D eigenvalue weighted by Crippen LogP contribution is -2.42. The van der Waals surface area contributed by atoms with Gasteiger partial charge in [0.25, 0.3) is 11.5 Å². The normalized spacial score (nSPS) is 15.0. The second kappa shape index (κ2) is 8.84. The van der Waals surface area contributed by atoms with Crippen LogP contribution in [0.2, 0.25) is 0 Å². The Bertz CT molecular complexity index is 1050. The Balaban J connectivity index is 1.81. The first kappa shape index (κ1) is 20.5. The third-order valence-corrected chi connectivity index (χ3v) is 4.72. The number of H-pyrrole nitrogens is 1. The molecule has 29 heavy (non-hydrogen) atoms. The lowest BCUT2D eigenvalue weighted by Gasteiger charge is -2.25. The molecule has 10 heteroatoms. The topological polar surface area (TPSA) is 129 Å². The van der Waals surface area contributed by atoms with Crippen molar-refractivity contribution in [2.45, 2.75) is 13.8 Å². The van der Waals surface area contributed by atoms with E-state index >= 15 is 0 Å². The zero-order valence-corrected chi connectivity index (χ0v) is 16.3. The maximum absolute atomic E-state index is 12.2. The van der Waals surface area contributed by atoms with Gasteiger partial charge in [0.05, 0.1) is 31.7 Å². The van der Waals surface area contributed by atoms with Crippen molar-refractivity contribution < 1.29 is 14.6 Å². The highest BCUT2D eigenvalue weighted by Crippen LogP contribution is 2.18. The first-order valence-electron chi connectivity index (χ1n) is 9.14. The summed E-state index contributed by atoms with van der Waals surface area (Å²) in [4.78, 5) is 40.4. The van der Waals surface area contributed by atoms with Gasteiger partial charge < -0.3 is 9.84 Å². The highest BCUT2D eigenvalue weighted by molar-refractivity contribution is 5.84. The number of aromatic amines is 1. The number of morpholine rings is 1. The molecular formula is C19H23N5O5. The summed E-state index contributed by atoms with van der Waals surface area (Å²) >= 11 is 0. The lowest BCUT2D eigenvalue weighted by molar-refractivity contribution is -0.123. The molecule has 1 aliphatic rings. The summed E-state index contributed by atoms with van der Waals surface area (Å²) in [7, 11) is 0. The van der Waals surface area contributed by atoms with E-state index in [1.807, 2.05) is 18.7 Å². The molecule has 1 aromatic carbocycles. The monoisotopic (exact) mass is 401 g/mol. The average molecular weight is 401 g/mol. The number of aromatic hydroxyl groups is 1. The number of rotatable bonds is 5. The fourth-order valence-corrected chi connectivity index (χ4v) is 2.93. The Morgan fingerprint density at radius 1 is 1.28 bits per heavy atom. The molecular weight excluding hydrogens is 378 g/mol. The molecule has 0 unspecified atom stereocenters. The number of carbonyl (C=O) groups excluding carboxylic acids is 1. The molecule has 0 bridgehead atoms. The van der Waals surface area contributed by atoms with Crippen molar-refractivity contribution in [3.63, 3.8) is 0 Å². The van der Waals surface area contributed by atoms with Gasteiger partial charge >= 0.3 is 5.69 Å².